The van der Waals surface area contributed by atoms with Gasteiger partial charge in [-0.05, 0) is 24.3 Å². The fraction of sp³-hybridized carbons (Fsp3) is 0.538. The van der Waals surface area contributed by atoms with Crippen LogP contribution in [0.15, 0.2) is 24.3 Å². The van der Waals surface area contributed by atoms with Gasteiger partial charge >= 0.3 is 0 Å². The van der Waals surface area contributed by atoms with Crippen LogP contribution in [0.2, 0.25) is 0 Å². The van der Waals surface area contributed by atoms with Crippen LogP contribution in [-0.2, 0) is 11.2 Å². The molecule has 1 aromatic carbocycles. The molecule has 2 rings (SSSR count). The van der Waals surface area contributed by atoms with Crippen molar-refractivity contribution in [1.82, 2.24) is 0 Å². The van der Waals surface area contributed by atoms with E-state index in [1.807, 2.05) is 12.1 Å². The second kappa shape index (κ2) is 4.84. The normalized spacial score (nSPS) is 24.4. The fourth-order valence-corrected chi connectivity index (χ4v) is 2.23. The van der Waals surface area contributed by atoms with Gasteiger partial charge < -0.3 is 4.74 Å². The van der Waals surface area contributed by atoms with Crippen LogP contribution >= 0.6 is 0 Å². The second-order valence-electron chi connectivity index (χ2n) is 4.65. The molecule has 0 radical (unpaired) electrons. The lowest BCUT2D eigenvalue weighted by atomic mass is 9.96. The van der Waals surface area contributed by atoms with Gasteiger partial charge in [0.25, 0.3) is 5.69 Å². The number of benzene rings is 1. The number of nitrogens with zero attached hydrogens (tertiary/aromatic N) is 1. The molecule has 3 atom stereocenters. The number of hydrogen-bond acceptors (Lipinski definition) is 3. The Balaban J connectivity index is 1.93. The summed E-state index contributed by atoms with van der Waals surface area (Å²) in [4.78, 5) is 10.1. The second-order valence-corrected chi connectivity index (χ2v) is 4.65. The van der Waals surface area contributed by atoms with Gasteiger partial charge in [-0.2, -0.15) is 0 Å². The monoisotopic (exact) mass is 235 g/mol. The Morgan fingerprint density at radius 2 is 2.06 bits per heavy atom. The average molecular weight is 235 g/mol. The van der Waals surface area contributed by atoms with Crippen LogP contribution in [0.1, 0.15) is 25.8 Å². The summed E-state index contributed by atoms with van der Waals surface area (Å²) < 4.78 is 5.55. The number of nitro groups is 1. The Kier molecular flexibility index (Phi) is 3.43. The van der Waals surface area contributed by atoms with Crippen molar-refractivity contribution in [2.24, 2.45) is 5.92 Å². The zero-order valence-electron chi connectivity index (χ0n) is 10.1. The number of rotatable bonds is 5. The maximum Gasteiger partial charge on any atom is 0.269 e. The summed E-state index contributed by atoms with van der Waals surface area (Å²) in [6, 6.07) is 6.79. The van der Waals surface area contributed by atoms with E-state index in [4.69, 9.17) is 4.74 Å². The van der Waals surface area contributed by atoms with E-state index < -0.39 is 0 Å². The average Bonchev–Trinajstić information content (AvgIpc) is 3.09. The molecule has 0 spiro atoms. The van der Waals surface area contributed by atoms with Gasteiger partial charge in [0.2, 0.25) is 0 Å². The summed E-state index contributed by atoms with van der Waals surface area (Å²) in [5, 5.41) is 10.5. The Labute approximate surface area is 101 Å². The van der Waals surface area contributed by atoms with E-state index in [0.29, 0.717) is 18.1 Å². The van der Waals surface area contributed by atoms with Gasteiger partial charge in [-0.15, -0.1) is 0 Å². The van der Waals surface area contributed by atoms with E-state index in [1.54, 1.807) is 12.1 Å². The third kappa shape index (κ3) is 2.82. The first kappa shape index (κ1) is 12.0. The SMILES string of the molecule is CCC1OC1C(C)Cc1ccc([N+](=O)[O-])cc1. The first-order valence-corrected chi connectivity index (χ1v) is 6.00. The number of hydrogen-bond donors (Lipinski definition) is 0. The van der Waals surface area contributed by atoms with Crippen LogP contribution in [0.5, 0.6) is 0 Å². The molecule has 0 saturated carbocycles. The van der Waals surface area contributed by atoms with Crippen LogP contribution in [-0.4, -0.2) is 17.1 Å². The first-order chi connectivity index (χ1) is 8.11. The largest absolute Gasteiger partial charge is 0.369 e. The Morgan fingerprint density at radius 1 is 1.41 bits per heavy atom. The van der Waals surface area contributed by atoms with Crippen molar-refractivity contribution in [3.8, 4) is 0 Å². The van der Waals surface area contributed by atoms with Gasteiger partial charge in [0.1, 0.15) is 0 Å². The summed E-state index contributed by atoms with van der Waals surface area (Å²) in [5.74, 6) is 0.474. The van der Waals surface area contributed by atoms with E-state index in [0.717, 1.165) is 18.4 Å². The highest BCUT2D eigenvalue weighted by Gasteiger charge is 2.40. The lowest BCUT2D eigenvalue weighted by Crippen LogP contribution is -2.09. The van der Waals surface area contributed by atoms with E-state index in [1.165, 1.54) is 0 Å². The smallest absolute Gasteiger partial charge is 0.269 e. The van der Waals surface area contributed by atoms with Crippen molar-refractivity contribution in [3.63, 3.8) is 0 Å². The topological polar surface area (TPSA) is 55.7 Å². The summed E-state index contributed by atoms with van der Waals surface area (Å²) in [5.41, 5.74) is 1.28. The van der Waals surface area contributed by atoms with Gasteiger partial charge in [0, 0.05) is 12.1 Å². The summed E-state index contributed by atoms with van der Waals surface area (Å²) in [6.45, 7) is 4.30. The van der Waals surface area contributed by atoms with Crippen LogP contribution in [0, 0.1) is 16.0 Å². The molecule has 1 aliphatic rings. The molecule has 0 aliphatic carbocycles. The van der Waals surface area contributed by atoms with Gasteiger partial charge in [0.05, 0.1) is 17.1 Å². The minimum atomic E-state index is -0.371. The van der Waals surface area contributed by atoms with Gasteiger partial charge in [-0.3, -0.25) is 10.1 Å². The van der Waals surface area contributed by atoms with Gasteiger partial charge in [-0.25, -0.2) is 0 Å². The highest BCUT2D eigenvalue weighted by molar-refractivity contribution is 5.33. The Morgan fingerprint density at radius 3 is 2.53 bits per heavy atom. The number of non-ortho nitro benzene ring substituents is 1. The van der Waals surface area contributed by atoms with Crippen molar-refractivity contribution in [1.29, 1.82) is 0 Å². The van der Waals surface area contributed by atoms with E-state index in [-0.39, 0.29) is 10.6 Å². The van der Waals surface area contributed by atoms with E-state index in [2.05, 4.69) is 13.8 Å². The van der Waals surface area contributed by atoms with Crippen LogP contribution in [0.25, 0.3) is 0 Å². The molecule has 4 heteroatoms. The fourth-order valence-electron chi connectivity index (χ4n) is 2.23. The molecule has 3 unspecified atom stereocenters. The molecule has 1 aliphatic heterocycles. The molecule has 1 aromatic rings. The standard InChI is InChI=1S/C13H17NO3/c1-3-12-13(17-12)9(2)8-10-4-6-11(7-5-10)14(15)16/h4-7,9,12-13H,3,8H2,1-2H3. The maximum absolute atomic E-state index is 10.5. The molecule has 0 amide bonds. The van der Waals surface area contributed by atoms with Gasteiger partial charge in [0.15, 0.2) is 0 Å². The third-order valence-corrected chi connectivity index (χ3v) is 3.29. The van der Waals surface area contributed by atoms with Crippen LogP contribution < -0.4 is 0 Å². The number of epoxide rings is 1. The van der Waals surface area contributed by atoms with Crippen molar-refractivity contribution in [3.05, 3.63) is 39.9 Å². The maximum atomic E-state index is 10.5. The van der Waals surface area contributed by atoms with E-state index in [9.17, 15) is 10.1 Å². The molecular weight excluding hydrogens is 218 g/mol. The molecule has 1 fully saturated rings. The molecule has 92 valence electrons. The predicted octanol–water partition coefficient (Wildman–Crippen LogP) is 2.95. The summed E-state index contributed by atoms with van der Waals surface area (Å²) in [7, 11) is 0. The molecule has 1 heterocycles. The van der Waals surface area contributed by atoms with Crippen molar-refractivity contribution >= 4 is 5.69 Å². The summed E-state index contributed by atoms with van der Waals surface area (Å²) in [6.07, 6.45) is 2.77. The molecule has 4 nitrogen and oxygen atoms in total. The zero-order chi connectivity index (χ0) is 12.4. The minimum Gasteiger partial charge on any atom is -0.369 e. The van der Waals surface area contributed by atoms with Crippen molar-refractivity contribution in [2.75, 3.05) is 0 Å². The summed E-state index contributed by atoms with van der Waals surface area (Å²) >= 11 is 0. The molecular formula is C13H17NO3. The molecule has 0 aromatic heterocycles. The Bertz CT molecular complexity index is 402. The highest BCUT2D eigenvalue weighted by Crippen LogP contribution is 2.33. The predicted molar refractivity (Wildman–Crippen MR) is 64.9 cm³/mol. The van der Waals surface area contributed by atoms with E-state index >= 15 is 0 Å². The van der Waals surface area contributed by atoms with Gasteiger partial charge in [-0.1, -0.05) is 26.0 Å². The Hall–Kier alpha value is -1.42. The number of ether oxygens (including phenoxy) is 1. The highest BCUT2D eigenvalue weighted by atomic mass is 16.6. The zero-order valence-corrected chi connectivity index (χ0v) is 10.1. The third-order valence-electron chi connectivity index (χ3n) is 3.29. The molecule has 0 N–H and O–H groups in total. The minimum absolute atomic E-state index is 0.149. The molecule has 0 bridgehead atoms. The van der Waals surface area contributed by atoms with Crippen LogP contribution in [0.4, 0.5) is 5.69 Å². The molecule has 17 heavy (non-hydrogen) atoms. The number of nitro benzene ring substituents is 1. The first-order valence-electron chi connectivity index (χ1n) is 6.00. The van der Waals surface area contributed by atoms with Crippen molar-refractivity contribution in [2.45, 2.75) is 38.9 Å². The molecule has 1 saturated heterocycles. The quantitative estimate of drug-likeness (QED) is 0.448. The lowest BCUT2D eigenvalue weighted by molar-refractivity contribution is -0.384. The van der Waals surface area contributed by atoms with Crippen LogP contribution in [0.3, 0.4) is 0 Å². The van der Waals surface area contributed by atoms with Crippen molar-refractivity contribution < 1.29 is 9.66 Å². The lowest BCUT2D eigenvalue weighted by Gasteiger charge is -2.08.